The van der Waals surface area contributed by atoms with Gasteiger partial charge in [-0.15, -0.1) is 11.6 Å². The third-order valence-electron chi connectivity index (χ3n) is 2.69. The topological polar surface area (TPSA) is 35.0 Å². The minimum Gasteiger partial charge on any atom is -0.437 e. The van der Waals surface area contributed by atoms with Gasteiger partial charge in [-0.3, -0.25) is 4.98 Å². The molecule has 3 nitrogen and oxygen atoms in total. The van der Waals surface area contributed by atoms with Gasteiger partial charge in [-0.25, -0.2) is 4.98 Å². The van der Waals surface area contributed by atoms with Crippen LogP contribution in [-0.4, -0.2) is 9.97 Å². The molecule has 0 radical (unpaired) electrons. The van der Waals surface area contributed by atoms with Crippen LogP contribution < -0.4 is 4.74 Å². The molecule has 0 aliphatic rings. The Morgan fingerprint density at radius 2 is 1.90 bits per heavy atom. The monoisotopic (exact) mass is 310 g/mol. The van der Waals surface area contributed by atoms with E-state index in [1.165, 1.54) is 0 Å². The number of hydrogen-bond donors (Lipinski definition) is 0. The van der Waals surface area contributed by atoms with E-state index in [4.69, 9.17) is 27.9 Å². The largest absolute Gasteiger partial charge is 0.437 e. The highest BCUT2D eigenvalue weighted by atomic mass is 35.5. The first-order valence-corrected chi connectivity index (χ1v) is 7.15. The van der Waals surface area contributed by atoms with Gasteiger partial charge in [0.1, 0.15) is 5.75 Å². The molecule has 0 spiro atoms. The number of ether oxygens (including phenoxy) is 1. The summed E-state index contributed by atoms with van der Waals surface area (Å²) in [5, 5.41) is 0.520. The number of pyridine rings is 2. The fourth-order valence-electron chi connectivity index (χ4n) is 1.64. The molecule has 0 aromatic carbocycles. The summed E-state index contributed by atoms with van der Waals surface area (Å²) in [4.78, 5) is 8.51. The maximum Gasteiger partial charge on any atom is 0.219 e. The Balaban J connectivity index is 2.36. The van der Waals surface area contributed by atoms with E-state index in [2.05, 4.69) is 30.7 Å². The van der Waals surface area contributed by atoms with Crippen molar-refractivity contribution in [1.82, 2.24) is 9.97 Å². The summed E-state index contributed by atoms with van der Waals surface area (Å²) in [6, 6.07) is 5.51. The van der Waals surface area contributed by atoms with Crippen molar-refractivity contribution in [3.8, 4) is 11.6 Å². The predicted octanol–water partition coefficient (Wildman–Crippen LogP) is 4.96. The molecule has 2 aromatic heterocycles. The van der Waals surface area contributed by atoms with E-state index in [0.717, 1.165) is 11.3 Å². The highest BCUT2D eigenvalue weighted by molar-refractivity contribution is 6.30. The molecule has 0 atom stereocenters. The van der Waals surface area contributed by atoms with Crippen LogP contribution in [0.25, 0.3) is 0 Å². The van der Waals surface area contributed by atoms with Gasteiger partial charge in [0.25, 0.3) is 0 Å². The van der Waals surface area contributed by atoms with Crippen molar-refractivity contribution in [1.29, 1.82) is 0 Å². The van der Waals surface area contributed by atoms with Crippen molar-refractivity contribution in [2.75, 3.05) is 0 Å². The van der Waals surface area contributed by atoms with Crippen molar-refractivity contribution in [2.24, 2.45) is 0 Å². The van der Waals surface area contributed by atoms with Crippen LogP contribution >= 0.6 is 23.2 Å². The van der Waals surface area contributed by atoms with Crippen molar-refractivity contribution in [2.45, 2.75) is 32.1 Å². The Kier molecular flexibility index (Phi) is 4.51. The minimum absolute atomic E-state index is 0.0766. The first-order chi connectivity index (χ1) is 9.38. The molecule has 0 unspecified atom stereocenters. The molecule has 2 rings (SSSR count). The van der Waals surface area contributed by atoms with Gasteiger partial charge >= 0.3 is 0 Å². The summed E-state index contributed by atoms with van der Waals surface area (Å²) >= 11 is 11.8. The molecule has 0 aliphatic heterocycles. The molecule has 5 heteroatoms. The summed E-state index contributed by atoms with van der Waals surface area (Å²) in [7, 11) is 0. The molecule has 20 heavy (non-hydrogen) atoms. The lowest BCUT2D eigenvalue weighted by molar-refractivity contribution is 0.449. The van der Waals surface area contributed by atoms with Gasteiger partial charge in [-0.05, 0) is 11.6 Å². The normalized spacial score (nSPS) is 11.4. The molecule has 0 N–H and O–H groups in total. The Hall–Kier alpha value is -1.32. The second-order valence-electron chi connectivity index (χ2n) is 5.52. The van der Waals surface area contributed by atoms with Crippen LogP contribution in [0.4, 0.5) is 0 Å². The summed E-state index contributed by atoms with van der Waals surface area (Å²) < 4.78 is 5.72. The third kappa shape index (κ3) is 3.84. The lowest BCUT2D eigenvalue weighted by Crippen LogP contribution is -2.14. The molecule has 2 heterocycles. The van der Waals surface area contributed by atoms with Gasteiger partial charge < -0.3 is 4.74 Å². The number of hydrogen-bond acceptors (Lipinski definition) is 3. The molecule has 0 aliphatic carbocycles. The fourth-order valence-corrected chi connectivity index (χ4v) is 1.96. The third-order valence-corrected chi connectivity index (χ3v) is 3.20. The van der Waals surface area contributed by atoms with Crippen LogP contribution in [0.15, 0.2) is 30.6 Å². The van der Waals surface area contributed by atoms with Crippen molar-refractivity contribution < 1.29 is 4.74 Å². The predicted molar refractivity (Wildman–Crippen MR) is 81.8 cm³/mol. The van der Waals surface area contributed by atoms with Gasteiger partial charge in [0, 0.05) is 29.6 Å². The van der Waals surface area contributed by atoms with Gasteiger partial charge in [0.05, 0.1) is 16.9 Å². The number of halogens is 2. The van der Waals surface area contributed by atoms with Crippen LogP contribution in [0, 0.1) is 0 Å². The van der Waals surface area contributed by atoms with Gasteiger partial charge in [-0.1, -0.05) is 32.4 Å². The van der Waals surface area contributed by atoms with Crippen LogP contribution in [0.3, 0.4) is 0 Å². The Bertz CT molecular complexity index is 609. The Morgan fingerprint density at radius 3 is 2.50 bits per heavy atom. The molecule has 0 saturated heterocycles. The van der Waals surface area contributed by atoms with E-state index >= 15 is 0 Å². The summed E-state index contributed by atoms with van der Waals surface area (Å²) in [5.74, 6) is 1.46. The highest BCUT2D eigenvalue weighted by Crippen LogP contribution is 2.28. The van der Waals surface area contributed by atoms with E-state index in [1.807, 2.05) is 12.1 Å². The lowest BCUT2D eigenvalue weighted by atomic mass is 9.91. The second kappa shape index (κ2) is 5.98. The lowest BCUT2D eigenvalue weighted by Gasteiger charge is -2.19. The maximum atomic E-state index is 5.93. The quantitative estimate of drug-likeness (QED) is 0.752. The molecule has 106 valence electrons. The first-order valence-electron chi connectivity index (χ1n) is 6.24. The molecule has 0 saturated carbocycles. The molecule has 2 aromatic rings. The van der Waals surface area contributed by atoms with Gasteiger partial charge in [0.15, 0.2) is 0 Å². The smallest absolute Gasteiger partial charge is 0.219 e. The maximum absolute atomic E-state index is 5.93. The van der Waals surface area contributed by atoms with Crippen LogP contribution in [0.2, 0.25) is 5.02 Å². The number of rotatable bonds is 3. The highest BCUT2D eigenvalue weighted by Gasteiger charge is 2.17. The Labute approximate surface area is 128 Å². The van der Waals surface area contributed by atoms with Crippen LogP contribution in [0.1, 0.15) is 32.0 Å². The Morgan fingerprint density at radius 1 is 1.15 bits per heavy atom. The second-order valence-corrected chi connectivity index (χ2v) is 6.23. The number of alkyl halides is 1. The average Bonchev–Trinajstić information content (AvgIpc) is 2.37. The van der Waals surface area contributed by atoms with Crippen LogP contribution in [-0.2, 0) is 11.3 Å². The van der Waals surface area contributed by atoms with E-state index < -0.39 is 0 Å². The summed E-state index contributed by atoms with van der Waals surface area (Å²) in [5.41, 5.74) is 1.82. The van der Waals surface area contributed by atoms with Gasteiger partial charge in [0.2, 0.25) is 5.88 Å². The van der Waals surface area contributed by atoms with Gasteiger partial charge in [-0.2, -0.15) is 0 Å². The standard InChI is InChI=1S/C15H16Cl2N2O/c1-15(2,3)13-4-10(7-16)5-14(19-13)20-12-6-11(17)8-18-9-12/h4-6,8-9H,7H2,1-3H3. The molecule has 0 amide bonds. The first kappa shape index (κ1) is 15.1. The van der Waals surface area contributed by atoms with Crippen LogP contribution in [0.5, 0.6) is 11.6 Å². The van der Waals surface area contributed by atoms with E-state index in [1.54, 1.807) is 18.5 Å². The minimum atomic E-state index is -0.0766. The fraction of sp³-hybridized carbons (Fsp3) is 0.333. The number of nitrogens with zero attached hydrogens (tertiary/aromatic N) is 2. The zero-order valence-electron chi connectivity index (χ0n) is 11.7. The van der Waals surface area contributed by atoms with E-state index in [-0.39, 0.29) is 5.41 Å². The molecule has 0 bridgehead atoms. The molecule has 0 fully saturated rings. The zero-order chi connectivity index (χ0) is 14.8. The molecular formula is C15H16Cl2N2O. The zero-order valence-corrected chi connectivity index (χ0v) is 13.2. The van der Waals surface area contributed by atoms with Crippen molar-refractivity contribution in [3.63, 3.8) is 0 Å². The van der Waals surface area contributed by atoms with Crippen molar-refractivity contribution in [3.05, 3.63) is 46.9 Å². The van der Waals surface area contributed by atoms with E-state index in [0.29, 0.717) is 22.5 Å². The number of aromatic nitrogens is 2. The van der Waals surface area contributed by atoms with E-state index in [9.17, 15) is 0 Å². The average molecular weight is 311 g/mol. The SMILES string of the molecule is CC(C)(C)c1cc(CCl)cc(Oc2cncc(Cl)c2)n1. The molecular weight excluding hydrogens is 295 g/mol. The van der Waals surface area contributed by atoms with Crippen molar-refractivity contribution >= 4 is 23.2 Å². The summed E-state index contributed by atoms with van der Waals surface area (Å²) in [6.07, 6.45) is 3.15. The summed E-state index contributed by atoms with van der Waals surface area (Å²) in [6.45, 7) is 6.29.